The number of aromatic hydroxyl groups is 1. The number of phenols is 1. The van der Waals surface area contributed by atoms with Crippen LogP contribution in [0.4, 0.5) is 16.2 Å². The Kier molecular flexibility index (Phi) is 7.82. The van der Waals surface area contributed by atoms with E-state index in [1.54, 1.807) is 43.3 Å². The van der Waals surface area contributed by atoms with E-state index in [9.17, 15) is 19.5 Å². The van der Waals surface area contributed by atoms with Gasteiger partial charge in [-0.1, -0.05) is 18.9 Å². The molecule has 0 aliphatic carbocycles. The van der Waals surface area contributed by atoms with Gasteiger partial charge in [0.1, 0.15) is 30.1 Å². The van der Waals surface area contributed by atoms with Crippen LogP contribution in [-0.4, -0.2) is 29.9 Å². The number of nitrogens with zero attached hydrogens (tertiary/aromatic N) is 1. The van der Waals surface area contributed by atoms with Crippen LogP contribution in [0.15, 0.2) is 42.5 Å². The lowest BCUT2D eigenvalue weighted by Gasteiger charge is -2.23. The van der Waals surface area contributed by atoms with Crippen molar-refractivity contribution in [1.82, 2.24) is 5.43 Å². The van der Waals surface area contributed by atoms with Crippen molar-refractivity contribution >= 4 is 29.6 Å². The minimum Gasteiger partial charge on any atom is -0.506 e. The summed E-state index contributed by atoms with van der Waals surface area (Å²) < 4.78 is 5.26. The van der Waals surface area contributed by atoms with Crippen LogP contribution in [0, 0.1) is 18.3 Å². The number of terminal acetylenes is 1. The number of amides is 3. The predicted molar refractivity (Wildman–Crippen MR) is 113 cm³/mol. The number of anilines is 2. The lowest BCUT2D eigenvalue weighted by Crippen LogP contribution is -2.47. The molecule has 8 nitrogen and oxygen atoms in total. The molecular weight excluding hydrogens is 386 g/mol. The molecule has 0 fully saturated rings. The first-order valence-electron chi connectivity index (χ1n) is 9.16. The van der Waals surface area contributed by atoms with Crippen LogP contribution in [0.25, 0.3) is 0 Å². The van der Waals surface area contributed by atoms with Crippen molar-refractivity contribution < 1.29 is 24.2 Å². The molecule has 0 saturated heterocycles. The molecule has 0 spiro atoms. The van der Waals surface area contributed by atoms with Gasteiger partial charge in [-0.3, -0.25) is 4.79 Å². The molecule has 156 valence electrons. The first-order valence-corrected chi connectivity index (χ1v) is 9.16. The molecule has 2 aromatic carbocycles. The standard InChI is InChI=1S/C22H23N3O5/c1-4-11-30-19-8-6-18(7-9-19)23-22(29)24-25(16(3)27)20-13-17(5-10-21(20)28)12-15(2)14-26/h1,5-10,13-15,28H,11-12H2,2-3H3,(H2,23,24,29)/t15-/m0/s1. The van der Waals surface area contributed by atoms with E-state index in [2.05, 4.69) is 16.7 Å². The Morgan fingerprint density at radius 1 is 1.27 bits per heavy atom. The quantitative estimate of drug-likeness (QED) is 0.370. The first-order chi connectivity index (χ1) is 14.3. The molecule has 8 heteroatoms. The molecule has 0 bridgehead atoms. The SMILES string of the molecule is C#CCOc1ccc(NC(=O)NN(C(C)=O)c2cc(C[C@H](C)C=O)ccc2O)cc1. The van der Waals surface area contributed by atoms with E-state index < -0.39 is 11.9 Å². The van der Waals surface area contributed by atoms with Gasteiger partial charge >= 0.3 is 6.03 Å². The normalized spacial score (nSPS) is 11.0. The van der Waals surface area contributed by atoms with Crippen molar-refractivity contribution in [3.05, 3.63) is 48.0 Å². The average Bonchev–Trinajstić information content (AvgIpc) is 2.72. The second-order valence-corrected chi connectivity index (χ2v) is 6.58. The summed E-state index contributed by atoms with van der Waals surface area (Å²) in [6.07, 6.45) is 6.39. The number of nitrogens with one attached hydrogen (secondary N) is 2. The van der Waals surface area contributed by atoms with Gasteiger partial charge < -0.3 is 20.0 Å². The topological polar surface area (TPSA) is 108 Å². The molecule has 3 amide bonds. The minimum absolute atomic E-state index is 0.103. The molecule has 0 saturated carbocycles. The van der Waals surface area contributed by atoms with Crippen molar-refractivity contribution in [3.8, 4) is 23.8 Å². The fraction of sp³-hybridized carbons (Fsp3) is 0.227. The van der Waals surface area contributed by atoms with E-state index in [0.717, 1.165) is 16.9 Å². The Labute approximate surface area is 174 Å². The molecule has 3 N–H and O–H groups in total. The second kappa shape index (κ2) is 10.5. The van der Waals surface area contributed by atoms with E-state index >= 15 is 0 Å². The number of benzene rings is 2. The highest BCUT2D eigenvalue weighted by Crippen LogP contribution is 2.28. The van der Waals surface area contributed by atoms with Crippen LogP contribution in [0.1, 0.15) is 19.4 Å². The third kappa shape index (κ3) is 6.27. The third-order valence-corrected chi connectivity index (χ3v) is 4.03. The fourth-order valence-corrected chi connectivity index (χ4v) is 2.62. The Bertz CT molecular complexity index is 950. The highest BCUT2D eigenvalue weighted by Gasteiger charge is 2.19. The molecule has 0 aliphatic heterocycles. The number of ether oxygens (including phenoxy) is 1. The molecule has 0 aromatic heterocycles. The van der Waals surface area contributed by atoms with E-state index in [1.165, 1.54) is 13.0 Å². The molecule has 2 rings (SSSR count). The van der Waals surface area contributed by atoms with Gasteiger partial charge in [-0.05, 0) is 48.4 Å². The summed E-state index contributed by atoms with van der Waals surface area (Å²) in [5, 5.41) is 13.7. The highest BCUT2D eigenvalue weighted by molar-refractivity contribution is 5.99. The number of hydrogen-bond donors (Lipinski definition) is 3. The number of rotatable bonds is 7. The lowest BCUT2D eigenvalue weighted by atomic mass is 10.0. The molecule has 0 heterocycles. The van der Waals surface area contributed by atoms with Gasteiger partial charge in [0.25, 0.3) is 0 Å². The van der Waals surface area contributed by atoms with Crippen LogP contribution in [0.3, 0.4) is 0 Å². The number of carbonyl (C=O) groups is 3. The van der Waals surface area contributed by atoms with Gasteiger partial charge in [-0.15, -0.1) is 6.42 Å². The number of urea groups is 1. The summed E-state index contributed by atoms with van der Waals surface area (Å²) in [4.78, 5) is 35.4. The maximum atomic E-state index is 12.4. The summed E-state index contributed by atoms with van der Waals surface area (Å²) in [5.41, 5.74) is 3.71. The second-order valence-electron chi connectivity index (χ2n) is 6.58. The molecule has 0 aliphatic rings. The Morgan fingerprint density at radius 2 is 1.97 bits per heavy atom. The summed E-state index contributed by atoms with van der Waals surface area (Å²) in [6, 6.07) is 10.4. The monoisotopic (exact) mass is 409 g/mol. The van der Waals surface area contributed by atoms with Crippen molar-refractivity contribution in [2.75, 3.05) is 16.9 Å². The van der Waals surface area contributed by atoms with Crippen LogP contribution in [0.5, 0.6) is 11.5 Å². The molecule has 2 aromatic rings. The van der Waals surface area contributed by atoms with Crippen molar-refractivity contribution in [3.63, 3.8) is 0 Å². The number of carbonyl (C=O) groups excluding carboxylic acids is 3. The summed E-state index contributed by atoms with van der Waals surface area (Å²) in [5.74, 6) is 1.98. The van der Waals surface area contributed by atoms with Crippen LogP contribution in [-0.2, 0) is 16.0 Å². The summed E-state index contributed by atoms with van der Waals surface area (Å²) >= 11 is 0. The lowest BCUT2D eigenvalue weighted by molar-refractivity contribution is -0.117. The van der Waals surface area contributed by atoms with Crippen molar-refractivity contribution in [2.45, 2.75) is 20.3 Å². The number of aldehydes is 1. The smallest absolute Gasteiger partial charge is 0.338 e. The number of hydrogen-bond acceptors (Lipinski definition) is 5. The zero-order chi connectivity index (χ0) is 22.1. The van der Waals surface area contributed by atoms with Gasteiger partial charge in [0.15, 0.2) is 0 Å². The highest BCUT2D eigenvalue weighted by atomic mass is 16.5. The molecular formula is C22H23N3O5. The molecule has 30 heavy (non-hydrogen) atoms. The average molecular weight is 409 g/mol. The zero-order valence-corrected chi connectivity index (χ0v) is 16.7. The van der Waals surface area contributed by atoms with E-state index in [1.807, 2.05) is 0 Å². The Balaban J connectivity index is 2.12. The zero-order valence-electron chi connectivity index (χ0n) is 16.7. The fourth-order valence-electron chi connectivity index (χ4n) is 2.62. The molecule has 0 unspecified atom stereocenters. The van der Waals surface area contributed by atoms with Gasteiger partial charge in [-0.2, -0.15) is 0 Å². The van der Waals surface area contributed by atoms with Crippen LogP contribution in [0.2, 0.25) is 0 Å². The van der Waals surface area contributed by atoms with Gasteiger partial charge in [0.05, 0.1) is 0 Å². The van der Waals surface area contributed by atoms with Crippen LogP contribution < -0.4 is 20.5 Å². The maximum absolute atomic E-state index is 12.4. The Hall–Kier alpha value is -3.99. The minimum atomic E-state index is -0.687. The van der Waals surface area contributed by atoms with E-state index in [4.69, 9.17) is 11.2 Å². The number of hydrazine groups is 1. The summed E-state index contributed by atoms with van der Waals surface area (Å²) in [7, 11) is 0. The molecule has 0 radical (unpaired) electrons. The van der Waals surface area contributed by atoms with Crippen molar-refractivity contribution in [2.24, 2.45) is 5.92 Å². The number of phenolic OH excluding ortho intramolecular Hbond substituents is 1. The van der Waals surface area contributed by atoms with E-state index in [0.29, 0.717) is 17.9 Å². The third-order valence-electron chi connectivity index (χ3n) is 4.03. The van der Waals surface area contributed by atoms with Crippen molar-refractivity contribution in [1.29, 1.82) is 0 Å². The Morgan fingerprint density at radius 3 is 2.57 bits per heavy atom. The maximum Gasteiger partial charge on any atom is 0.338 e. The van der Waals surface area contributed by atoms with E-state index in [-0.39, 0.29) is 24.0 Å². The largest absolute Gasteiger partial charge is 0.506 e. The van der Waals surface area contributed by atoms with Gasteiger partial charge in [-0.25, -0.2) is 15.2 Å². The van der Waals surface area contributed by atoms with Gasteiger partial charge in [0, 0.05) is 18.5 Å². The summed E-state index contributed by atoms with van der Waals surface area (Å²) in [6.45, 7) is 3.14. The predicted octanol–water partition coefficient (Wildman–Crippen LogP) is 2.87. The van der Waals surface area contributed by atoms with Gasteiger partial charge in [0.2, 0.25) is 5.91 Å². The van der Waals surface area contributed by atoms with Crippen LogP contribution >= 0.6 is 0 Å². The molecule has 1 atom stereocenters. The first kappa shape index (κ1) is 22.3.